The lowest BCUT2D eigenvalue weighted by Gasteiger charge is -2.03. The van der Waals surface area contributed by atoms with Crippen molar-refractivity contribution in [2.45, 2.75) is 12.1 Å². The fourth-order valence-electron chi connectivity index (χ4n) is 1.97. The maximum atomic E-state index is 12.6. The van der Waals surface area contributed by atoms with Crippen LogP contribution in [-0.4, -0.2) is 23.6 Å². The Morgan fingerprint density at radius 1 is 1.36 bits per heavy atom. The maximum absolute atomic E-state index is 12.6. The molecule has 0 bridgehead atoms. The molecule has 1 aromatic rings. The molecule has 2 aliphatic rings. The molecule has 2 aliphatic heterocycles. The van der Waals surface area contributed by atoms with Gasteiger partial charge >= 0.3 is 6.09 Å². The summed E-state index contributed by atoms with van der Waals surface area (Å²) in [6, 6.07) is 6.54. The van der Waals surface area contributed by atoms with E-state index in [4.69, 9.17) is 4.74 Å². The first kappa shape index (κ1) is 7.79. The lowest BCUT2D eigenvalue weighted by atomic mass is 10.1. The van der Waals surface area contributed by atoms with Gasteiger partial charge in [-0.25, -0.2) is 9.18 Å². The standard InChI is InChI=1S/C10H8FNO2/c11-7-3-1-6(2-4-7)9-8-5-14-10(13)12(8)9/h1-4,8-9H,5H2/t8-,9-,12?/m1/s1. The van der Waals surface area contributed by atoms with Gasteiger partial charge < -0.3 is 4.74 Å². The van der Waals surface area contributed by atoms with E-state index in [1.807, 2.05) is 0 Å². The van der Waals surface area contributed by atoms with Crippen LogP contribution < -0.4 is 0 Å². The number of amides is 1. The summed E-state index contributed by atoms with van der Waals surface area (Å²) in [5.41, 5.74) is 0.980. The van der Waals surface area contributed by atoms with Crippen LogP contribution in [0, 0.1) is 5.82 Å². The van der Waals surface area contributed by atoms with Gasteiger partial charge in [0.15, 0.2) is 0 Å². The SMILES string of the molecule is O=C1OC[C@@H]2[C@@H](c3ccc(F)cc3)N12. The third-order valence-corrected chi connectivity index (χ3v) is 2.73. The highest BCUT2D eigenvalue weighted by Gasteiger charge is 2.57. The molecule has 0 aliphatic carbocycles. The zero-order chi connectivity index (χ0) is 9.71. The number of halogens is 1. The molecule has 3 rings (SSSR count). The zero-order valence-electron chi connectivity index (χ0n) is 7.31. The molecular formula is C10H8FNO2. The summed E-state index contributed by atoms with van der Waals surface area (Å²) in [6.45, 7) is 0.459. The van der Waals surface area contributed by atoms with Crippen molar-refractivity contribution in [3.05, 3.63) is 35.6 Å². The van der Waals surface area contributed by atoms with E-state index in [-0.39, 0.29) is 24.0 Å². The number of fused-ring (bicyclic) bond motifs is 1. The lowest BCUT2D eigenvalue weighted by Crippen LogP contribution is -2.07. The smallest absolute Gasteiger partial charge is 0.410 e. The van der Waals surface area contributed by atoms with Crippen molar-refractivity contribution in [2.24, 2.45) is 0 Å². The summed E-state index contributed by atoms with van der Waals surface area (Å²) in [5, 5.41) is 0. The largest absolute Gasteiger partial charge is 0.447 e. The number of carbonyl (C=O) groups excluding carboxylic acids is 1. The number of ether oxygens (including phenoxy) is 1. The van der Waals surface area contributed by atoms with Gasteiger partial charge in [-0.1, -0.05) is 12.1 Å². The Kier molecular flexibility index (Phi) is 1.37. The second-order valence-electron chi connectivity index (χ2n) is 3.55. The van der Waals surface area contributed by atoms with Crippen LogP contribution >= 0.6 is 0 Å². The lowest BCUT2D eigenvalue weighted by molar-refractivity contribution is 0.155. The van der Waals surface area contributed by atoms with Gasteiger partial charge in [0.2, 0.25) is 0 Å². The quantitative estimate of drug-likeness (QED) is 0.635. The molecule has 2 atom stereocenters. The molecule has 2 heterocycles. The first-order valence-electron chi connectivity index (χ1n) is 4.48. The van der Waals surface area contributed by atoms with Crippen LogP contribution in [0.1, 0.15) is 11.6 Å². The second-order valence-corrected chi connectivity index (χ2v) is 3.55. The predicted molar refractivity (Wildman–Crippen MR) is 46.1 cm³/mol. The van der Waals surface area contributed by atoms with Crippen molar-refractivity contribution in [1.82, 2.24) is 4.90 Å². The summed E-state index contributed by atoms with van der Waals surface area (Å²) in [4.78, 5) is 12.8. The van der Waals surface area contributed by atoms with Crippen LogP contribution in [-0.2, 0) is 4.74 Å². The Bertz CT molecular complexity index is 390. The van der Waals surface area contributed by atoms with Crippen LogP contribution in [0.4, 0.5) is 9.18 Å². The summed E-state index contributed by atoms with van der Waals surface area (Å²) in [6.07, 6.45) is -0.260. The van der Waals surface area contributed by atoms with Crippen LogP contribution in [0.25, 0.3) is 0 Å². The van der Waals surface area contributed by atoms with Crippen LogP contribution in [0.2, 0.25) is 0 Å². The molecule has 1 aromatic carbocycles. The molecule has 0 spiro atoms. The van der Waals surface area contributed by atoms with Crippen molar-refractivity contribution in [2.75, 3.05) is 6.61 Å². The Morgan fingerprint density at radius 2 is 2.07 bits per heavy atom. The molecule has 0 aromatic heterocycles. The molecular weight excluding hydrogens is 185 g/mol. The highest BCUT2D eigenvalue weighted by molar-refractivity contribution is 5.75. The third-order valence-electron chi connectivity index (χ3n) is 2.73. The minimum atomic E-state index is -0.260. The minimum absolute atomic E-state index is 0.108. The highest BCUT2D eigenvalue weighted by atomic mass is 19.1. The van der Waals surface area contributed by atoms with E-state index in [0.29, 0.717) is 6.61 Å². The summed E-state index contributed by atoms with van der Waals surface area (Å²) in [5.74, 6) is -0.253. The van der Waals surface area contributed by atoms with Crippen molar-refractivity contribution in [1.29, 1.82) is 0 Å². The van der Waals surface area contributed by atoms with Crippen molar-refractivity contribution in [3.63, 3.8) is 0 Å². The van der Waals surface area contributed by atoms with E-state index in [0.717, 1.165) is 5.56 Å². The van der Waals surface area contributed by atoms with E-state index in [1.165, 1.54) is 12.1 Å². The molecule has 0 saturated carbocycles. The Labute approximate surface area is 80.1 Å². The fraction of sp³-hybridized carbons (Fsp3) is 0.300. The van der Waals surface area contributed by atoms with Gasteiger partial charge in [0.05, 0.1) is 12.1 Å². The Balaban J connectivity index is 1.86. The van der Waals surface area contributed by atoms with Gasteiger partial charge in [-0.3, -0.25) is 4.90 Å². The minimum Gasteiger partial charge on any atom is -0.447 e. The summed E-state index contributed by atoms with van der Waals surface area (Å²) < 4.78 is 17.4. The van der Waals surface area contributed by atoms with Gasteiger partial charge in [-0.2, -0.15) is 0 Å². The van der Waals surface area contributed by atoms with Crippen LogP contribution in [0.3, 0.4) is 0 Å². The Morgan fingerprint density at radius 3 is 2.64 bits per heavy atom. The summed E-state index contributed by atoms with van der Waals surface area (Å²) >= 11 is 0. The number of carbonyl (C=O) groups is 1. The van der Waals surface area contributed by atoms with E-state index in [9.17, 15) is 9.18 Å². The molecule has 4 heteroatoms. The second kappa shape index (κ2) is 2.47. The first-order valence-corrected chi connectivity index (χ1v) is 4.48. The fourth-order valence-corrected chi connectivity index (χ4v) is 1.97. The van der Waals surface area contributed by atoms with E-state index >= 15 is 0 Å². The Hall–Kier alpha value is -1.58. The number of rotatable bonds is 1. The van der Waals surface area contributed by atoms with Crippen LogP contribution in [0.5, 0.6) is 0 Å². The molecule has 3 nitrogen and oxygen atoms in total. The molecule has 0 N–H and O–H groups in total. The van der Waals surface area contributed by atoms with Gasteiger partial charge in [0.1, 0.15) is 12.4 Å². The van der Waals surface area contributed by atoms with Gasteiger partial charge in [0, 0.05) is 0 Å². The average molecular weight is 193 g/mol. The van der Waals surface area contributed by atoms with Crippen molar-refractivity contribution in [3.8, 4) is 0 Å². The number of hydrogen-bond acceptors (Lipinski definition) is 2. The number of nitrogens with zero attached hydrogens (tertiary/aromatic N) is 1. The molecule has 1 amide bonds. The van der Waals surface area contributed by atoms with E-state index < -0.39 is 0 Å². The van der Waals surface area contributed by atoms with Crippen LogP contribution in [0.15, 0.2) is 24.3 Å². The number of hydrogen-bond donors (Lipinski definition) is 0. The highest BCUT2D eigenvalue weighted by Crippen LogP contribution is 2.47. The number of cyclic esters (lactones) is 1. The molecule has 14 heavy (non-hydrogen) atoms. The van der Waals surface area contributed by atoms with E-state index in [1.54, 1.807) is 17.0 Å². The number of benzene rings is 1. The van der Waals surface area contributed by atoms with Gasteiger partial charge in [-0.05, 0) is 17.7 Å². The zero-order valence-corrected chi connectivity index (χ0v) is 7.31. The first-order chi connectivity index (χ1) is 6.77. The molecule has 0 radical (unpaired) electrons. The van der Waals surface area contributed by atoms with Crippen molar-refractivity contribution < 1.29 is 13.9 Å². The van der Waals surface area contributed by atoms with E-state index in [2.05, 4.69) is 0 Å². The normalized spacial score (nSPS) is 28.6. The van der Waals surface area contributed by atoms with Gasteiger partial charge in [-0.15, -0.1) is 0 Å². The summed E-state index contributed by atoms with van der Waals surface area (Å²) in [7, 11) is 0. The van der Waals surface area contributed by atoms with Gasteiger partial charge in [0.25, 0.3) is 0 Å². The third kappa shape index (κ3) is 0.937. The average Bonchev–Trinajstić information content (AvgIpc) is 2.79. The molecule has 72 valence electrons. The molecule has 0 unspecified atom stereocenters. The topological polar surface area (TPSA) is 29.3 Å². The molecule has 2 fully saturated rings. The monoisotopic (exact) mass is 193 g/mol. The van der Waals surface area contributed by atoms with Crippen molar-refractivity contribution >= 4 is 6.09 Å². The molecule has 2 saturated heterocycles. The predicted octanol–water partition coefficient (Wildman–Crippen LogP) is 1.70. The maximum Gasteiger partial charge on any atom is 0.410 e.